The Labute approximate surface area is 107 Å². The minimum absolute atomic E-state index is 0.144. The van der Waals surface area contributed by atoms with Crippen molar-refractivity contribution in [2.45, 2.75) is 13.8 Å². The zero-order valence-electron chi connectivity index (χ0n) is 10.6. The van der Waals surface area contributed by atoms with Gasteiger partial charge in [-0.3, -0.25) is 9.59 Å². The number of benzene rings is 1. The number of nitrogens with two attached hydrogens (primary N) is 2. The molecule has 98 valence electrons. The summed E-state index contributed by atoms with van der Waals surface area (Å²) in [7, 11) is 0. The average Bonchev–Trinajstić information content (AvgIpc) is 2.29. The van der Waals surface area contributed by atoms with Gasteiger partial charge in [0.05, 0.1) is 5.92 Å². The lowest BCUT2D eigenvalue weighted by atomic mass is 9.95. The quantitative estimate of drug-likeness (QED) is 0.724. The average molecular weight is 249 g/mol. The van der Waals surface area contributed by atoms with E-state index in [0.29, 0.717) is 17.8 Å². The Morgan fingerprint density at radius 1 is 1.33 bits per heavy atom. The molecule has 5 N–H and O–H groups in total. The molecule has 0 bridgehead atoms. The van der Waals surface area contributed by atoms with E-state index >= 15 is 0 Å². The molecule has 0 spiro atoms. The van der Waals surface area contributed by atoms with Crippen LogP contribution in [0.15, 0.2) is 24.3 Å². The molecule has 0 radical (unpaired) electrons. The van der Waals surface area contributed by atoms with Crippen LogP contribution in [0.3, 0.4) is 0 Å². The normalized spacial score (nSPS) is 12.2. The Balaban J connectivity index is 2.81. The first-order valence-corrected chi connectivity index (χ1v) is 5.86. The van der Waals surface area contributed by atoms with Crippen molar-refractivity contribution in [1.29, 1.82) is 0 Å². The van der Waals surface area contributed by atoms with Crippen LogP contribution >= 0.6 is 0 Å². The zero-order chi connectivity index (χ0) is 13.7. The smallest absolute Gasteiger partial charge is 0.248 e. The topological polar surface area (TPSA) is 98.2 Å². The number of amides is 2. The molecule has 0 fully saturated rings. The first-order valence-electron chi connectivity index (χ1n) is 5.86. The maximum Gasteiger partial charge on any atom is 0.248 e. The van der Waals surface area contributed by atoms with Crippen molar-refractivity contribution < 1.29 is 9.59 Å². The largest absolute Gasteiger partial charge is 0.366 e. The van der Waals surface area contributed by atoms with Gasteiger partial charge in [0.15, 0.2) is 0 Å². The molecule has 0 aliphatic carbocycles. The van der Waals surface area contributed by atoms with Crippen LogP contribution in [-0.4, -0.2) is 18.4 Å². The van der Waals surface area contributed by atoms with Gasteiger partial charge in [-0.15, -0.1) is 0 Å². The number of hydrogen-bond donors (Lipinski definition) is 3. The van der Waals surface area contributed by atoms with Crippen LogP contribution in [-0.2, 0) is 4.79 Å². The molecule has 0 aromatic heterocycles. The highest BCUT2D eigenvalue weighted by Gasteiger charge is 2.20. The molecule has 0 saturated heterocycles. The van der Waals surface area contributed by atoms with E-state index < -0.39 is 5.91 Å². The van der Waals surface area contributed by atoms with Crippen molar-refractivity contribution in [1.82, 2.24) is 0 Å². The summed E-state index contributed by atoms with van der Waals surface area (Å²) in [6.07, 6.45) is 0. The Hall–Kier alpha value is -1.88. The summed E-state index contributed by atoms with van der Waals surface area (Å²) < 4.78 is 0. The maximum atomic E-state index is 12.0. The molecule has 1 unspecified atom stereocenters. The zero-order valence-corrected chi connectivity index (χ0v) is 10.6. The van der Waals surface area contributed by atoms with Crippen LogP contribution in [0.4, 0.5) is 5.69 Å². The molecule has 5 heteroatoms. The summed E-state index contributed by atoms with van der Waals surface area (Å²) in [6, 6.07) is 6.52. The number of hydrogen-bond acceptors (Lipinski definition) is 3. The Morgan fingerprint density at radius 2 is 2.00 bits per heavy atom. The van der Waals surface area contributed by atoms with Crippen LogP contribution in [0, 0.1) is 11.8 Å². The number of nitrogens with one attached hydrogen (secondary N) is 1. The summed E-state index contributed by atoms with van der Waals surface area (Å²) in [5, 5.41) is 2.74. The number of primary amides is 1. The van der Waals surface area contributed by atoms with E-state index in [0.717, 1.165) is 0 Å². The van der Waals surface area contributed by atoms with Gasteiger partial charge in [0.2, 0.25) is 11.8 Å². The van der Waals surface area contributed by atoms with Crippen molar-refractivity contribution in [3.05, 3.63) is 29.8 Å². The van der Waals surface area contributed by atoms with Crippen LogP contribution < -0.4 is 16.8 Å². The van der Waals surface area contributed by atoms with Gasteiger partial charge in [-0.25, -0.2) is 0 Å². The summed E-state index contributed by atoms with van der Waals surface area (Å²) in [5.41, 5.74) is 11.7. The van der Waals surface area contributed by atoms with Crippen molar-refractivity contribution in [2.75, 3.05) is 11.9 Å². The summed E-state index contributed by atoms with van der Waals surface area (Å²) in [5.74, 6) is -0.754. The van der Waals surface area contributed by atoms with Crippen LogP contribution in [0.1, 0.15) is 24.2 Å². The van der Waals surface area contributed by atoms with E-state index in [4.69, 9.17) is 11.5 Å². The van der Waals surface area contributed by atoms with Gasteiger partial charge in [-0.05, 0) is 24.1 Å². The van der Waals surface area contributed by atoms with Crippen molar-refractivity contribution in [2.24, 2.45) is 23.3 Å². The third-order valence-electron chi connectivity index (χ3n) is 2.81. The molecule has 0 aliphatic heterocycles. The molecule has 1 aromatic rings. The van der Waals surface area contributed by atoms with Crippen LogP contribution in [0.25, 0.3) is 0 Å². The fourth-order valence-electron chi connectivity index (χ4n) is 1.67. The number of anilines is 1. The Bertz CT molecular complexity index is 444. The first-order chi connectivity index (χ1) is 8.45. The SMILES string of the molecule is CC(C)C(CN)C(=O)Nc1cccc(C(N)=O)c1. The Kier molecular flexibility index (Phi) is 4.85. The lowest BCUT2D eigenvalue weighted by Crippen LogP contribution is -2.33. The fraction of sp³-hybridized carbons (Fsp3) is 0.385. The van der Waals surface area contributed by atoms with Gasteiger partial charge in [-0.2, -0.15) is 0 Å². The van der Waals surface area contributed by atoms with Crippen LogP contribution in [0.2, 0.25) is 0 Å². The van der Waals surface area contributed by atoms with Crippen molar-refractivity contribution in [3.63, 3.8) is 0 Å². The Morgan fingerprint density at radius 3 is 2.50 bits per heavy atom. The van der Waals surface area contributed by atoms with Gasteiger partial charge in [-0.1, -0.05) is 19.9 Å². The molecule has 1 aromatic carbocycles. The second-order valence-corrected chi connectivity index (χ2v) is 4.52. The van der Waals surface area contributed by atoms with E-state index in [1.165, 1.54) is 0 Å². The third-order valence-corrected chi connectivity index (χ3v) is 2.81. The highest BCUT2D eigenvalue weighted by atomic mass is 16.2. The summed E-state index contributed by atoms with van der Waals surface area (Å²) >= 11 is 0. The standard InChI is InChI=1S/C13H19N3O2/c1-8(2)11(7-14)13(18)16-10-5-3-4-9(6-10)12(15)17/h3-6,8,11H,7,14H2,1-2H3,(H2,15,17)(H,16,18). The highest BCUT2D eigenvalue weighted by molar-refractivity contribution is 5.97. The van der Waals surface area contributed by atoms with E-state index in [2.05, 4.69) is 5.32 Å². The molecule has 5 nitrogen and oxygen atoms in total. The predicted molar refractivity (Wildman–Crippen MR) is 71.0 cm³/mol. The minimum Gasteiger partial charge on any atom is -0.366 e. The number of carbonyl (C=O) groups excluding carboxylic acids is 2. The minimum atomic E-state index is -0.523. The predicted octanol–water partition coefficient (Wildman–Crippen LogP) is 0.955. The number of rotatable bonds is 5. The molecule has 2 amide bonds. The first kappa shape index (κ1) is 14.2. The second kappa shape index (κ2) is 6.16. The highest BCUT2D eigenvalue weighted by Crippen LogP contribution is 2.15. The molecule has 1 rings (SSSR count). The number of carbonyl (C=O) groups is 2. The second-order valence-electron chi connectivity index (χ2n) is 4.52. The molecule has 1 atom stereocenters. The molecule has 0 heterocycles. The lowest BCUT2D eigenvalue weighted by molar-refractivity contribution is -0.120. The summed E-state index contributed by atoms with van der Waals surface area (Å²) in [6.45, 7) is 4.17. The van der Waals surface area contributed by atoms with Gasteiger partial charge in [0.25, 0.3) is 0 Å². The van der Waals surface area contributed by atoms with Crippen molar-refractivity contribution >= 4 is 17.5 Å². The fourth-order valence-corrected chi connectivity index (χ4v) is 1.67. The molecule has 0 saturated carbocycles. The van der Waals surface area contributed by atoms with Gasteiger partial charge in [0, 0.05) is 17.8 Å². The molecule has 18 heavy (non-hydrogen) atoms. The van der Waals surface area contributed by atoms with E-state index in [-0.39, 0.29) is 17.7 Å². The van der Waals surface area contributed by atoms with Gasteiger partial charge in [0.1, 0.15) is 0 Å². The third kappa shape index (κ3) is 3.56. The van der Waals surface area contributed by atoms with E-state index in [9.17, 15) is 9.59 Å². The molecular weight excluding hydrogens is 230 g/mol. The van der Waals surface area contributed by atoms with Crippen molar-refractivity contribution in [3.8, 4) is 0 Å². The van der Waals surface area contributed by atoms with Gasteiger partial charge >= 0.3 is 0 Å². The van der Waals surface area contributed by atoms with Crippen LogP contribution in [0.5, 0.6) is 0 Å². The van der Waals surface area contributed by atoms with E-state index in [1.54, 1.807) is 24.3 Å². The summed E-state index contributed by atoms with van der Waals surface area (Å²) in [4.78, 5) is 23.0. The lowest BCUT2D eigenvalue weighted by Gasteiger charge is -2.18. The molecule has 0 aliphatic rings. The monoisotopic (exact) mass is 249 g/mol. The molecular formula is C13H19N3O2. The maximum absolute atomic E-state index is 12.0. The van der Waals surface area contributed by atoms with E-state index in [1.807, 2.05) is 13.8 Å². The van der Waals surface area contributed by atoms with Gasteiger partial charge < -0.3 is 16.8 Å².